The van der Waals surface area contributed by atoms with Gasteiger partial charge in [0.1, 0.15) is 30.3 Å². The number of fused-ring (bicyclic) bond motifs is 3. The zero-order valence-corrected chi connectivity index (χ0v) is 18.7. The summed E-state index contributed by atoms with van der Waals surface area (Å²) in [5.74, 6) is 1.21. The standard InChI is InChI=1S/C21H20ClN5O4S/c1-23-10-19-24-6-7-26(19)12-2-3-13-15(8-12)30-11-14-16(31-21(29)27(13)14)9-25-20(28)17-4-5-18(22)32-17/h2-8,14,16,23H,9-11H2,1H3,(H,25,28)/t14-,16-/m0/s1. The number of hydrogen-bond donors (Lipinski definition) is 2. The van der Waals surface area contributed by atoms with Crippen LogP contribution in [0.4, 0.5) is 10.5 Å². The predicted octanol–water partition coefficient (Wildman–Crippen LogP) is 2.82. The monoisotopic (exact) mass is 473 g/mol. The fourth-order valence-corrected chi connectivity index (χ4v) is 4.88. The molecule has 4 heterocycles. The molecule has 0 spiro atoms. The summed E-state index contributed by atoms with van der Waals surface area (Å²) in [6.45, 7) is 1.07. The quantitative estimate of drug-likeness (QED) is 0.571. The first-order valence-electron chi connectivity index (χ1n) is 10.0. The van der Waals surface area contributed by atoms with Gasteiger partial charge in [-0.15, -0.1) is 11.3 Å². The van der Waals surface area contributed by atoms with E-state index in [1.165, 1.54) is 11.3 Å². The zero-order valence-electron chi connectivity index (χ0n) is 17.1. The summed E-state index contributed by atoms with van der Waals surface area (Å²) in [6.07, 6.45) is 2.64. The van der Waals surface area contributed by atoms with Gasteiger partial charge in [0.25, 0.3) is 5.91 Å². The van der Waals surface area contributed by atoms with Crippen molar-refractivity contribution in [1.29, 1.82) is 0 Å². The van der Waals surface area contributed by atoms with E-state index in [0.717, 1.165) is 11.5 Å². The summed E-state index contributed by atoms with van der Waals surface area (Å²) in [7, 11) is 1.86. The van der Waals surface area contributed by atoms with Gasteiger partial charge >= 0.3 is 6.09 Å². The fraction of sp³-hybridized carbons (Fsp3) is 0.286. The molecule has 2 aliphatic heterocycles. The van der Waals surface area contributed by atoms with E-state index in [2.05, 4.69) is 15.6 Å². The molecule has 3 aromatic rings. The van der Waals surface area contributed by atoms with E-state index in [1.807, 2.05) is 36.0 Å². The van der Waals surface area contributed by atoms with Gasteiger partial charge in [-0.05, 0) is 31.3 Å². The van der Waals surface area contributed by atoms with Crippen LogP contribution in [0.15, 0.2) is 42.7 Å². The number of ether oxygens (including phenoxy) is 2. The molecule has 5 rings (SSSR count). The van der Waals surface area contributed by atoms with E-state index in [9.17, 15) is 9.59 Å². The smallest absolute Gasteiger partial charge is 0.415 e. The highest BCUT2D eigenvalue weighted by atomic mass is 35.5. The van der Waals surface area contributed by atoms with Gasteiger partial charge in [0.05, 0.1) is 33.7 Å². The zero-order chi connectivity index (χ0) is 22.2. The number of aromatic nitrogens is 2. The summed E-state index contributed by atoms with van der Waals surface area (Å²) in [5, 5.41) is 5.91. The number of nitrogens with zero attached hydrogens (tertiary/aromatic N) is 3. The van der Waals surface area contributed by atoms with Crippen molar-refractivity contribution in [3.05, 3.63) is 57.8 Å². The Labute approximate surface area is 192 Å². The molecule has 0 saturated carbocycles. The largest absolute Gasteiger partial charge is 0.489 e. The third-order valence-electron chi connectivity index (χ3n) is 5.41. The Balaban J connectivity index is 1.32. The Bertz CT molecular complexity index is 1180. The van der Waals surface area contributed by atoms with Crippen LogP contribution in [0, 0.1) is 0 Å². The Morgan fingerprint density at radius 1 is 1.34 bits per heavy atom. The van der Waals surface area contributed by atoms with Gasteiger partial charge in [-0.3, -0.25) is 9.69 Å². The molecule has 0 bridgehead atoms. The number of nitrogens with one attached hydrogen (secondary N) is 2. The van der Waals surface area contributed by atoms with Crippen LogP contribution in [-0.4, -0.2) is 53.9 Å². The summed E-state index contributed by atoms with van der Waals surface area (Å²) in [6, 6.07) is 8.64. The summed E-state index contributed by atoms with van der Waals surface area (Å²) >= 11 is 7.09. The van der Waals surface area contributed by atoms with Crippen molar-refractivity contribution < 1.29 is 19.1 Å². The highest BCUT2D eigenvalue weighted by Gasteiger charge is 2.46. The molecular weight excluding hydrogens is 454 g/mol. The first kappa shape index (κ1) is 20.8. The molecule has 2 N–H and O–H groups in total. The highest BCUT2D eigenvalue weighted by molar-refractivity contribution is 7.18. The molecular formula is C21H20ClN5O4S. The third-order valence-corrected chi connectivity index (χ3v) is 6.64. The van der Waals surface area contributed by atoms with Crippen molar-refractivity contribution in [2.75, 3.05) is 25.1 Å². The van der Waals surface area contributed by atoms with Crippen LogP contribution in [0.3, 0.4) is 0 Å². The first-order valence-corrected chi connectivity index (χ1v) is 11.2. The molecule has 2 atom stereocenters. The maximum Gasteiger partial charge on any atom is 0.415 e. The van der Waals surface area contributed by atoms with Crippen LogP contribution in [0.5, 0.6) is 5.75 Å². The van der Waals surface area contributed by atoms with Crippen LogP contribution in [0.1, 0.15) is 15.5 Å². The van der Waals surface area contributed by atoms with Gasteiger partial charge < -0.3 is 24.7 Å². The minimum Gasteiger partial charge on any atom is -0.489 e. The fourth-order valence-electron chi connectivity index (χ4n) is 3.92. The second kappa shape index (κ2) is 8.45. The second-order valence-corrected chi connectivity index (χ2v) is 9.10. The van der Waals surface area contributed by atoms with Crippen LogP contribution in [-0.2, 0) is 11.3 Å². The van der Waals surface area contributed by atoms with E-state index in [1.54, 1.807) is 23.2 Å². The van der Waals surface area contributed by atoms with Crippen molar-refractivity contribution in [3.8, 4) is 11.4 Å². The number of anilines is 1. The number of halogens is 1. The van der Waals surface area contributed by atoms with E-state index >= 15 is 0 Å². The number of imidazole rings is 1. The number of amides is 2. The van der Waals surface area contributed by atoms with E-state index < -0.39 is 12.2 Å². The Kier molecular flexibility index (Phi) is 5.50. The van der Waals surface area contributed by atoms with Crippen molar-refractivity contribution in [2.24, 2.45) is 0 Å². The van der Waals surface area contributed by atoms with Crippen molar-refractivity contribution in [2.45, 2.75) is 18.7 Å². The molecule has 2 aliphatic rings. The molecule has 166 valence electrons. The number of cyclic esters (lactones) is 1. The lowest BCUT2D eigenvalue weighted by molar-refractivity contribution is 0.0890. The maximum absolute atomic E-state index is 12.6. The van der Waals surface area contributed by atoms with Crippen molar-refractivity contribution in [3.63, 3.8) is 0 Å². The molecule has 0 radical (unpaired) electrons. The van der Waals surface area contributed by atoms with Crippen LogP contribution in [0.25, 0.3) is 5.69 Å². The highest BCUT2D eigenvalue weighted by Crippen LogP contribution is 2.40. The minimum atomic E-state index is -0.523. The van der Waals surface area contributed by atoms with Gasteiger partial charge in [-0.25, -0.2) is 9.78 Å². The molecule has 9 nitrogen and oxygen atoms in total. The number of benzene rings is 1. The Morgan fingerprint density at radius 2 is 2.22 bits per heavy atom. The Morgan fingerprint density at radius 3 is 3.00 bits per heavy atom. The maximum atomic E-state index is 12.6. The third kappa shape index (κ3) is 3.70. The molecule has 2 aromatic heterocycles. The number of carbonyl (C=O) groups is 2. The number of rotatable bonds is 6. The lowest BCUT2D eigenvalue weighted by atomic mass is 10.1. The van der Waals surface area contributed by atoms with Gasteiger partial charge in [0.15, 0.2) is 0 Å². The number of thiophene rings is 1. The number of carbonyl (C=O) groups excluding carboxylic acids is 2. The minimum absolute atomic E-state index is 0.181. The average Bonchev–Trinajstić information content (AvgIpc) is 3.51. The Hall–Kier alpha value is -3.08. The topological polar surface area (TPSA) is 97.7 Å². The average molecular weight is 474 g/mol. The molecule has 1 aromatic carbocycles. The summed E-state index contributed by atoms with van der Waals surface area (Å²) in [5.41, 5.74) is 1.53. The lowest BCUT2D eigenvalue weighted by Crippen LogP contribution is -2.47. The molecule has 0 aliphatic carbocycles. The van der Waals surface area contributed by atoms with E-state index in [0.29, 0.717) is 27.2 Å². The van der Waals surface area contributed by atoms with Crippen LogP contribution < -0.4 is 20.3 Å². The summed E-state index contributed by atoms with van der Waals surface area (Å²) in [4.78, 5) is 31.4. The molecule has 2 amide bonds. The molecule has 0 unspecified atom stereocenters. The van der Waals surface area contributed by atoms with Gasteiger partial charge in [-0.2, -0.15) is 0 Å². The molecule has 32 heavy (non-hydrogen) atoms. The van der Waals surface area contributed by atoms with Gasteiger partial charge in [0, 0.05) is 18.5 Å². The van der Waals surface area contributed by atoms with Crippen molar-refractivity contribution in [1.82, 2.24) is 20.2 Å². The molecule has 1 fully saturated rings. The van der Waals surface area contributed by atoms with Crippen molar-refractivity contribution >= 4 is 40.6 Å². The summed E-state index contributed by atoms with van der Waals surface area (Å²) < 4.78 is 14.1. The van der Waals surface area contributed by atoms with Crippen LogP contribution >= 0.6 is 22.9 Å². The normalized spacial score (nSPS) is 19.2. The van der Waals surface area contributed by atoms with E-state index in [-0.39, 0.29) is 25.1 Å². The molecule has 1 saturated heterocycles. The van der Waals surface area contributed by atoms with Crippen LogP contribution in [0.2, 0.25) is 4.34 Å². The first-order chi connectivity index (χ1) is 15.5. The second-order valence-electron chi connectivity index (χ2n) is 7.38. The van der Waals surface area contributed by atoms with Gasteiger partial charge in [-0.1, -0.05) is 11.6 Å². The SMILES string of the molecule is CNCc1nccn1-c1ccc2c(c1)OC[C@H]1[C@H](CNC(=O)c3ccc(Cl)s3)OC(=O)N21. The van der Waals surface area contributed by atoms with Gasteiger partial charge in [0.2, 0.25) is 0 Å². The van der Waals surface area contributed by atoms with E-state index in [4.69, 9.17) is 21.1 Å². The molecule has 11 heteroatoms. The predicted molar refractivity (Wildman–Crippen MR) is 120 cm³/mol. The number of hydrogen-bond acceptors (Lipinski definition) is 7. The lowest BCUT2D eigenvalue weighted by Gasteiger charge is -2.31.